The highest BCUT2D eigenvalue weighted by molar-refractivity contribution is 7.92. The fourth-order valence-corrected chi connectivity index (χ4v) is 6.09. The first-order valence-corrected chi connectivity index (χ1v) is 15.5. The predicted molar refractivity (Wildman–Crippen MR) is 161 cm³/mol. The van der Waals surface area contributed by atoms with Gasteiger partial charge in [0.2, 0.25) is 11.8 Å². The smallest absolute Gasteiger partial charge is 0.264 e. The van der Waals surface area contributed by atoms with Crippen LogP contribution in [0.5, 0.6) is 0 Å². The van der Waals surface area contributed by atoms with Crippen LogP contribution in [0.4, 0.5) is 10.1 Å². The number of carbonyl (C=O) groups is 2. The highest BCUT2D eigenvalue weighted by Crippen LogP contribution is 2.28. The number of sulfonamides is 1. The molecule has 11 heteroatoms. The van der Waals surface area contributed by atoms with Gasteiger partial charge in [0.25, 0.3) is 10.0 Å². The number of amides is 2. The monoisotopic (exact) mass is 621 g/mol. The zero-order chi connectivity index (χ0) is 30.3. The van der Waals surface area contributed by atoms with Gasteiger partial charge in [-0.15, -0.1) is 0 Å². The summed E-state index contributed by atoms with van der Waals surface area (Å²) in [5.74, 6) is -1.91. The van der Waals surface area contributed by atoms with E-state index in [9.17, 15) is 18.0 Å². The van der Waals surface area contributed by atoms with E-state index in [-0.39, 0.29) is 40.5 Å². The molecule has 0 aliphatic rings. The van der Waals surface area contributed by atoms with Crippen LogP contribution < -0.4 is 9.62 Å². The molecule has 2 amide bonds. The van der Waals surface area contributed by atoms with E-state index < -0.39 is 34.3 Å². The van der Waals surface area contributed by atoms with Crippen molar-refractivity contribution in [3.05, 3.63) is 93.7 Å². The van der Waals surface area contributed by atoms with Gasteiger partial charge in [-0.05, 0) is 68.7 Å². The van der Waals surface area contributed by atoms with Crippen LogP contribution in [0, 0.1) is 12.7 Å². The molecule has 41 heavy (non-hydrogen) atoms. The molecular formula is C30H34Cl2FN3O4S. The Morgan fingerprint density at radius 1 is 0.976 bits per heavy atom. The molecule has 0 spiro atoms. The third kappa shape index (κ3) is 7.99. The van der Waals surface area contributed by atoms with Crippen LogP contribution in [-0.4, -0.2) is 43.8 Å². The first-order chi connectivity index (χ1) is 19.4. The van der Waals surface area contributed by atoms with Crippen molar-refractivity contribution in [1.29, 1.82) is 0 Å². The maximum atomic E-state index is 15.0. The molecule has 1 N–H and O–H groups in total. The molecule has 3 aromatic carbocycles. The van der Waals surface area contributed by atoms with Crippen molar-refractivity contribution in [3.8, 4) is 0 Å². The lowest BCUT2D eigenvalue weighted by Gasteiger charge is -2.34. The minimum Gasteiger partial charge on any atom is -0.352 e. The summed E-state index contributed by atoms with van der Waals surface area (Å²) in [5.41, 5.74) is 1.06. The molecular weight excluding hydrogens is 588 g/mol. The van der Waals surface area contributed by atoms with Gasteiger partial charge in [0, 0.05) is 22.6 Å². The maximum Gasteiger partial charge on any atom is 0.264 e. The second kappa shape index (κ2) is 14.2. The van der Waals surface area contributed by atoms with Gasteiger partial charge >= 0.3 is 0 Å². The molecule has 0 saturated carbocycles. The van der Waals surface area contributed by atoms with Crippen LogP contribution in [0.25, 0.3) is 0 Å². The van der Waals surface area contributed by atoms with Crippen molar-refractivity contribution in [2.45, 2.75) is 64.1 Å². The Bertz CT molecular complexity index is 1490. The Morgan fingerprint density at radius 2 is 1.63 bits per heavy atom. The van der Waals surface area contributed by atoms with Gasteiger partial charge < -0.3 is 10.2 Å². The molecule has 220 valence electrons. The van der Waals surface area contributed by atoms with Crippen LogP contribution in [-0.2, 0) is 26.2 Å². The molecule has 0 bridgehead atoms. The van der Waals surface area contributed by atoms with Crippen molar-refractivity contribution in [2.24, 2.45) is 0 Å². The summed E-state index contributed by atoms with van der Waals surface area (Å²) in [7, 11) is -4.38. The van der Waals surface area contributed by atoms with Gasteiger partial charge in [0.15, 0.2) is 0 Å². The minimum atomic E-state index is -4.38. The van der Waals surface area contributed by atoms with Crippen LogP contribution in [0.3, 0.4) is 0 Å². The zero-order valence-corrected chi connectivity index (χ0v) is 25.7. The Hall–Kier alpha value is -3.14. The summed E-state index contributed by atoms with van der Waals surface area (Å²) >= 11 is 12.5. The average molecular weight is 623 g/mol. The molecule has 0 aromatic heterocycles. The SMILES string of the molecule is CC[C@H](C(=O)N[C@@H](C)CC)N(Cc1ccc(Cl)cc1Cl)C(=O)CN(c1ccccc1F)S(=O)(=O)c1ccc(C)cc1. The molecule has 0 saturated heterocycles. The summed E-state index contributed by atoms with van der Waals surface area (Å²) < 4.78 is 43.5. The number of anilines is 1. The molecule has 7 nitrogen and oxygen atoms in total. The average Bonchev–Trinajstić information content (AvgIpc) is 2.93. The summed E-state index contributed by atoms with van der Waals surface area (Å²) in [4.78, 5) is 28.6. The minimum absolute atomic E-state index is 0.100. The first kappa shape index (κ1) is 32.4. The van der Waals surface area contributed by atoms with E-state index in [0.29, 0.717) is 17.0 Å². The fourth-order valence-electron chi connectivity index (χ4n) is 4.20. The molecule has 0 heterocycles. The van der Waals surface area contributed by atoms with Crippen molar-refractivity contribution >= 4 is 50.7 Å². The summed E-state index contributed by atoms with van der Waals surface area (Å²) in [6, 6.07) is 15.1. The summed E-state index contributed by atoms with van der Waals surface area (Å²) in [5, 5.41) is 3.58. The van der Waals surface area contributed by atoms with Gasteiger partial charge in [-0.25, -0.2) is 12.8 Å². The Balaban J connectivity index is 2.09. The highest BCUT2D eigenvalue weighted by atomic mass is 35.5. The Morgan fingerprint density at radius 3 is 2.22 bits per heavy atom. The van der Waals surface area contributed by atoms with Crippen LogP contribution in [0.1, 0.15) is 44.7 Å². The molecule has 3 rings (SSSR count). The van der Waals surface area contributed by atoms with Gasteiger partial charge in [-0.2, -0.15) is 0 Å². The predicted octanol–water partition coefficient (Wildman–Crippen LogP) is 6.36. The first-order valence-electron chi connectivity index (χ1n) is 13.3. The zero-order valence-electron chi connectivity index (χ0n) is 23.4. The second-order valence-electron chi connectivity index (χ2n) is 9.78. The van der Waals surface area contributed by atoms with Gasteiger partial charge in [-0.3, -0.25) is 13.9 Å². The number of carbonyl (C=O) groups excluding carboxylic acids is 2. The van der Waals surface area contributed by atoms with Crippen LogP contribution in [0.2, 0.25) is 10.0 Å². The van der Waals surface area contributed by atoms with Gasteiger partial charge in [0.1, 0.15) is 18.4 Å². The third-order valence-corrected chi connectivity index (χ3v) is 9.11. The lowest BCUT2D eigenvalue weighted by Crippen LogP contribution is -2.53. The number of nitrogens with zero attached hydrogens (tertiary/aromatic N) is 2. The van der Waals surface area contributed by atoms with E-state index in [1.165, 1.54) is 41.3 Å². The number of hydrogen-bond acceptors (Lipinski definition) is 4. The number of hydrogen-bond donors (Lipinski definition) is 1. The molecule has 3 aromatic rings. The van der Waals surface area contributed by atoms with Gasteiger partial charge in [0.05, 0.1) is 10.6 Å². The summed E-state index contributed by atoms with van der Waals surface area (Å²) in [6.45, 7) is 6.48. The van der Waals surface area contributed by atoms with E-state index in [1.807, 2.05) is 20.8 Å². The van der Waals surface area contributed by atoms with Crippen molar-refractivity contribution < 1.29 is 22.4 Å². The van der Waals surface area contributed by atoms with Crippen molar-refractivity contribution in [1.82, 2.24) is 10.2 Å². The lowest BCUT2D eigenvalue weighted by atomic mass is 10.1. The second-order valence-corrected chi connectivity index (χ2v) is 12.5. The third-order valence-electron chi connectivity index (χ3n) is 6.75. The van der Waals surface area contributed by atoms with E-state index in [1.54, 1.807) is 31.2 Å². The van der Waals surface area contributed by atoms with E-state index in [2.05, 4.69) is 5.32 Å². The quantitative estimate of drug-likeness (QED) is 0.255. The van der Waals surface area contributed by atoms with Gasteiger partial charge in [-0.1, -0.05) is 72.9 Å². The maximum absolute atomic E-state index is 15.0. The molecule has 0 radical (unpaired) electrons. The highest BCUT2D eigenvalue weighted by Gasteiger charge is 2.35. The van der Waals surface area contributed by atoms with E-state index in [4.69, 9.17) is 23.2 Å². The number of nitrogens with one attached hydrogen (secondary N) is 1. The Kier molecular flexibility index (Phi) is 11.2. The van der Waals surface area contributed by atoms with Crippen LogP contribution in [0.15, 0.2) is 71.6 Å². The topological polar surface area (TPSA) is 86.8 Å². The standard InChI is InChI=1S/C30H34Cl2FN3O4S/c1-5-21(4)34-30(38)27(6-2)35(18-22-13-14-23(31)17-25(22)32)29(37)19-36(28-10-8-7-9-26(28)33)41(39,40)24-15-11-20(3)12-16-24/h7-17,21,27H,5-6,18-19H2,1-4H3,(H,34,38)/t21-,27+/m0/s1. The number of benzene rings is 3. The number of rotatable bonds is 12. The normalized spacial score (nSPS) is 12.9. The molecule has 0 aliphatic carbocycles. The number of halogens is 3. The number of para-hydroxylation sites is 1. The number of aryl methyl sites for hydroxylation is 1. The Labute approximate surface area is 251 Å². The fraction of sp³-hybridized carbons (Fsp3) is 0.333. The van der Waals surface area contributed by atoms with E-state index >= 15 is 4.39 Å². The van der Waals surface area contributed by atoms with E-state index in [0.717, 1.165) is 15.9 Å². The summed E-state index contributed by atoms with van der Waals surface area (Å²) in [6.07, 6.45) is 0.915. The molecule has 0 unspecified atom stereocenters. The molecule has 0 aliphatic heterocycles. The van der Waals surface area contributed by atoms with Crippen LogP contribution >= 0.6 is 23.2 Å². The lowest BCUT2D eigenvalue weighted by molar-refractivity contribution is -0.140. The molecule has 2 atom stereocenters. The largest absolute Gasteiger partial charge is 0.352 e. The van der Waals surface area contributed by atoms with Crippen molar-refractivity contribution in [3.63, 3.8) is 0 Å². The molecule has 0 fully saturated rings. The van der Waals surface area contributed by atoms with Crippen molar-refractivity contribution in [2.75, 3.05) is 10.8 Å².